The van der Waals surface area contributed by atoms with Crippen LogP contribution in [0.15, 0.2) is 53.0 Å². The highest BCUT2D eigenvalue weighted by molar-refractivity contribution is 9.10. The minimum absolute atomic E-state index is 0.287. The molecule has 0 amide bonds. The molecule has 0 heterocycles. The molecule has 112 valence electrons. The first kappa shape index (κ1) is 16.0. The van der Waals surface area contributed by atoms with E-state index in [0.29, 0.717) is 6.54 Å². The smallest absolute Gasteiger partial charge is 0.119 e. The van der Waals surface area contributed by atoms with Crippen LogP contribution in [0.3, 0.4) is 0 Å². The number of benzene rings is 2. The van der Waals surface area contributed by atoms with Gasteiger partial charge in [0.25, 0.3) is 0 Å². The van der Waals surface area contributed by atoms with E-state index in [2.05, 4.69) is 27.3 Å². The van der Waals surface area contributed by atoms with Gasteiger partial charge in [0, 0.05) is 17.6 Å². The zero-order valence-electron chi connectivity index (χ0n) is 12.1. The summed E-state index contributed by atoms with van der Waals surface area (Å²) in [6, 6.07) is 15.9. The molecule has 4 heteroatoms. The molecule has 0 aliphatic rings. The fourth-order valence-corrected chi connectivity index (χ4v) is 2.43. The molecule has 0 saturated heterocycles. The summed E-state index contributed by atoms with van der Waals surface area (Å²) in [4.78, 5) is 0. The van der Waals surface area contributed by atoms with Crippen molar-refractivity contribution in [1.82, 2.24) is 5.32 Å². The van der Waals surface area contributed by atoms with Gasteiger partial charge >= 0.3 is 0 Å². The highest BCUT2D eigenvalue weighted by atomic mass is 79.9. The fraction of sp³-hybridized carbons (Fsp3) is 0.294. The Morgan fingerprint density at radius 2 is 2.00 bits per heavy atom. The first-order valence-electron chi connectivity index (χ1n) is 6.96. The number of hydrogen-bond acceptors (Lipinski definition) is 3. The number of nitrogens with one attached hydrogen (secondary N) is 1. The van der Waals surface area contributed by atoms with Crippen LogP contribution >= 0.6 is 15.9 Å². The minimum atomic E-state index is -0.530. The summed E-state index contributed by atoms with van der Waals surface area (Å²) >= 11 is 3.44. The van der Waals surface area contributed by atoms with Crippen LogP contribution in [0.5, 0.6) is 5.75 Å². The molecule has 0 spiro atoms. The lowest BCUT2D eigenvalue weighted by atomic mass is 10.2. The van der Waals surface area contributed by atoms with Gasteiger partial charge in [0.05, 0.1) is 0 Å². The van der Waals surface area contributed by atoms with Crippen LogP contribution in [0.1, 0.15) is 11.1 Å². The number of halogens is 1. The second-order valence-corrected chi connectivity index (χ2v) is 5.96. The number of aliphatic hydroxyl groups is 1. The predicted octanol–water partition coefficient (Wildman–Crippen LogP) is 3.29. The quantitative estimate of drug-likeness (QED) is 0.805. The van der Waals surface area contributed by atoms with E-state index in [0.717, 1.165) is 22.3 Å². The van der Waals surface area contributed by atoms with E-state index < -0.39 is 6.10 Å². The lowest BCUT2D eigenvalue weighted by Gasteiger charge is -2.13. The molecule has 2 aromatic carbocycles. The lowest BCUT2D eigenvalue weighted by molar-refractivity contribution is 0.106. The van der Waals surface area contributed by atoms with Crippen LogP contribution in [0.25, 0.3) is 0 Å². The first-order chi connectivity index (χ1) is 10.1. The SMILES string of the molecule is Cc1cccc(OCC(O)CNCc2cccc(Br)c2)c1. The number of aryl methyl sites for hydroxylation is 1. The Labute approximate surface area is 134 Å². The van der Waals surface area contributed by atoms with Gasteiger partial charge in [-0.2, -0.15) is 0 Å². The van der Waals surface area contributed by atoms with Crippen LogP contribution in [-0.4, -0.2) is 24.4 Å². The van der Waals surface area contributed by atoms with Crippen molar-refractivity contribution in [3.8, 4) is 5.75 Å². The van der Waals surface area contributed by atoms with Gasteiger partial charge < -0.3 is 15.2 Å². The Bertz CT molecular complexity index is 574. The zero-order valence-corrected chi connectivity index (χ0v) is 13.6. The topological polar surface area (TPSA) is 41.5 Å². The summed E-state index contributed by atoms with van der Waals surface area (Å²) in [5, 5.41) is 13.1. The number of ether oxygens (including phenoxy) is 1. The third-order valence-electron chi connectivity index (χ3n) is 3.03. The average Bonchev–Trinajstić information content (AvgIpc) is 2.45. The molecular weight excluding hydrogens is 330 g/mol. The van der Waals surface area contributed by atoms with Gasteiger partial charge in [-0.15, -0.1) is 0 Å². The fourth-order valence-electron chi connectivity index (χ4n) is 1.99. The third-order valence-corrected chi connectivity index (χ3v) is 3.52. The van der Waals surface area contributed by atoms with E-state index in [1.807, 2.05) is 49.4 Å². The van der Waals surface area contributed by atoms with E-state index in [-0.39, 0.29) is 6.61 Å². The Kier molecular flexibility index (Phi) is 6.23. The van der Waals surface area contributed by atoms with Crippen molar-refractivity contribution < 1.29 is 9.84 Å². The molecule has 0 bridgehead atoms. The maximum atomic E-state index is 9.92. The second kappa shape index (κ2) is 8.17. The third kappa shape index (κ3) is 5.87. The van der Waals surface area contributed by atoms with Gasteiger partial charge in [0.1, 0.15) is 18.5 Å². The van der Waals surface area contributed by atoms with E-state index in [1.54, 1.807) is 0 Å². The summed E-state index contributed by atoms with van der Waals surface area (Å²) in [6.07, 6.45) is -0.530. The largest absolute Gasteiger partial charge is 0.491 e. The summed E-state index contributed by atoms with van der Waals surface area (Å²) in [7, 11) is 0. The van der Waals surface area contributed by atoms with Gasteiger partial charge in [0.2, 0.25) is 0 Å². The van der Waals surface area contributed by atoms with Gasteiger partial charge in [-0.1, -0.05) is 40.2 Å². The van der Waals surface area contributed by atoms with Crippen LogP contribution in [0.4, 0.5) is 0 Å². The van der Waals surface area contributed by atoms with Crippen LogP contribution in [0, 0.1) is 6.92 Å². The van der Waals surface area contributed by atoms with Crippen LogP contribution in [-0.2, 0) is 6.54 Å². The Morgan fingerprint density at radius 1 is 1.19 bits per heavy atom. The van der Waals surface area contributed by atoms with E-state index >= 15 is 0 Å². The standard InChI is InChI=1S/C17H20BrNO2/c1-13-4-2-7-17(8-13)21-12-16(20)11-19-10-14-5-3-6-15(18)9-14/h2-9,16,19-20H,10-12H2,1H3. The van der Waals surface area contributed by atoms with Crippen LogP contribution in [0.2, 0.25) is 0 Å². The molecule has 1 unspecified atom stereocenters. The van der Waals surface area contributed by atoms with Crippen molar-refractivity contribution in [2.24, 2.45) is 0 Å². The minimum Gasteiger partial charge on any atom is -0.491 e. The van der Waals surface area contributed by atoms with E-state index in [1.165, 1.54) is 5.56 Å². The summed E-state index contributed by atoms with van der Waals surface area (Å²) in [5.74, 6) is 0.793. The second-order valence-electron chi connectivity index (χ2n) is 5.04. The molecule has 0 aliphatic carbocycles. The summed E-state index contributed by atoms with van der Waals surface area (Å²) in [5.41, 5.74) is 2.32. The van der Waals surface area contributed by atoms with Gasteiger partial charge in [-0.3, -0.25) is 0 Å². The zero-order chi connectivity index (χ0) is 15.1. The number of aliphatic hydroxyl groups excluding tert-OH is 1. The molecule has 0 aliphatic heterocycles. The Hall–Kier alpha value is -1.36. The van der Waals surface area contributed by atoms with E-state index in [9.17, 15) is 5.11 Å². The van der Waals surface area contributed by atoms with E-state index in [4.69, 9.17) is 4.74 Å². The van der Waals surface area contributed by atoms with Crippen molar-refractivity contribution >= 4 is 15.9 Å². The molecular formula is C17H20BrNO2. The van der Waals surface area contributed by atoms with Gasteiger partial charge in [0.15, 0.2) is 0 Å². The summed E-state index contributed by atoms with van der Waals surface area (Å²) in [6.45, 7) is 3.52. The van der Waals surface area contributed by atoms with Crippen molar-refractivity contribution in [1.29, 1.82) is 0 Å². The lowest BCUT2D eigenvalue weighted by Crippen LogP contribution is -2.31. The molecule has 2 N–H and O–H groups in total. The molecule has 21 heavy (non-hydrogen) atoms. The Morgan fingerprint density at radius 3 is 2.76 bits per heavy atom. The Balaban J connectivity index is 1.69. The van der Waals surface area contributed by atoms with Crippen molar-refractivity contribution in [3.63, 3.8) is 0 Å². The maximum Gasteiger partial charge on any atom is 0.119 e. The monoisotopic (exact) mass is 349 g/mol. The molecule has 0 aromatic heterocycles. The maximum absolute atomic E-state index is 9.92. The molecule has 0 radical (unpaired) electrons. The normalized spacial score (nSPS) is 12.1. The molecule has 1 atom stereocenters. The highest BCUT2D eigenvalue weighted by Gasteiger charge is 2.05. The molecule has 0 fully saturated rings. The molecule has 2 rings (SSSR count). The highest BCUT2D eigenvalue weighted by Crippen LogP contribution is 2.13. The predicted molar refractivity (Wildman–Crippen MR) is 88.5 cm³/mol. The summed E-state index contributed by atoms with van der Waals surface area (Å²) < 4.78 is 6.63. The molecule has 2 aromatic rings. The van der Waals surface area contributed by atoms with Crippen molar-refractivity contribution in [2.45, 2.75) is 19.6 Å². The van der Waals surface area contributed by atoms with Gasteiger partial charge in [-0.25, -0.2) is 0 Å². The first-order valence-corrected chi connectivity index (χ1v) is 7.75. The van der Waals surface area contributed by atoms with Gasteiger partial charge in [-0.05, 0) is 42.3 Å². The molecule has 0 saturated carbocycles. The molecule has 3 nitrogen and oxygen atoms in total. The van der Waals surface area contributed by atoms with Crippen molar-refractivity contribution in [3.05, 3.63) is 64.1 Å². The number of rotatable bonds is 7. The van der Waals surface area contributed by atoms with Crippen LogP contribution < -0.4 is 10.1 Å². The number of hydrogen-bond donors (Lipinski definition) is 2. The average molecular weight is 350 g/mol. The van der Waals surface area contributed by atoms with Crippen molar-refractivity contribution in [2.75, 3.05) is 13.2 Å².